The van der Waals surface area contributed by atoms with Gasteiger partial charge in [0.2, 0.25) is 0 Å². The van der Waals surface area contributed by atoms with E-state index < -0.39 is 0 Å². The topological polar surface area (TPSA) is 12.9 Å². The lowest BCUT2D eigenvalue weighted by atomic mass is 10.1. The zero-order chi connectivity index (χ0) is 9.97. The quantitative estimate of drug-likeness (QED) is 0.733. The van der Waals surface area contributed by atoms with Gasteiger partial charge in [0.25, 0.3) is 0 Å². The predicted octanol–water partition coefficient (Wildman–Crippen LogP) is 4.00. The zero-order valence-corrected chi connectivity index (χ0v) is 9.94. The van der Waals surface area contributed by atoms with Crippen LogP contribution in [0.4, 0.5) is 0 Å². The molecule has 1 aromatic rings. The van der Waals surface area contributed by atoms with E-state index in [4.69, 9.17) is 4.98 Å². The van der Waals surface area contributed by atoms with Crippen LogP contribution in [0.5, 0.6) is 0 Å². The number of rotatable bonds is 3. The van der Waals surface area contributed by atoms with E-state index in [2.05, 4.69) is 19.2 Å². The predicted molar refractivity (Wildman–Crippen MR) is 61.9 cm³/mol. The lowest BCUT2D eigenvalue weighted by Gasteiger charge is -2.04. The van der Waals surface area contributed by atoms with Crippen molar-refractivity contribution in [2.75, 3.05) is 0 Å². The van der Waals surface area contributed by atoms with E-state index >= 15 is 0 Å². The molecular weight excluding hydrogens is 190 g/mol. The maximum Gasteiger partial charge on any atom is 0.0959 e. The summed E-state index contributed by atoms with van der Waals surface area (Å²) in [5.74, 6) is 1.69. The Balaban J connectivity index is 2.02. The fraction of sp³-hybridized carbons (Fsp3) is 0.750. The molecule has 78 valence electrons. The van der Waals surface area contributed by atoms with Crippen molar-refractivity contribution in [2.24, 2.45) is 5.92 Å². The van der Waals surface area contributed by atoms with Crippen molar-refractivity contribution >= 4 is 11.3 Å². The van der Waals surface area contributed by atoms with Crippen molar-refractivity contribution in [2.45, 2.75) is 51.9 Å². The number of thiazole rings is 1. The molecule has 1 nitrogen and oxygen atoms in total. The van der Waals surface area contributed by atoms with Gasteiger partial charge in [-0.15, -0.1) is 11.3 Å². The third-order valence-electron chi connectivity index (χ3n) is 3.12. The van der Waals surface area contributed by atoms with Crippen LogP contribution in [0, 0.1) is 5.92 Å². The number of aryl methyl sites for hydroxylation is 1. The van der Waals surface area contributed by atoms with E-state index in [0.717, 1.165) is 18.3 Å². The maximum atomic E-state index is 4.73. The van der Waals surface area contributed by atoms with E-state index in [9.17, 15) is 0 Å². The molecule has 14 heavy (non-hydrogen) atoms. The summed E-state index contributed by atoms with van der Waals surface area (Å²) in [4.78, 5) is 4.73. The summed E-state index contributed by atoms with van der Waals surface area (Å²) in [5, 5.41) is 3.65. The molecule has 1 aliphatic carbocycles. The van der Waals surface area contributed by atoms with Crippen LogP contribution in [0.3, 0.4) is 0 Å². The lowest BCUT2D eigenvalue weighted by Crippen LogP contribution is -1.93. The first-order valence-electron chi connectivity index (χ1n) is 5.74. The summed E-state index contributed by atoms with van der Waals surface area (Å²) in [6.07, 6.45) is 6.48. The fourth-order valence-corrected chi connectivity index (χ4v) is 3.32. The maximum absolute atomic E-state index is 4.73. The van der Waals surface area contributed by atoms with E-state index in [1.807, 2.05) is 11.3 Å². The Bertz CT molecular complexity index is 292. The van der Waals surface area contributed by atoms with Crippen LogP contribution in [0.15, 0.2) is 5.38 Å². The molecule has 1 aliphatic rings. The average Bonchev–Trinajstić information content (AvgIpc) is 2.74. The van der Waals surface area contributed by atoms with Crippen LogP contribution < -0.4 is 0 Å². The molecule has 0 bridgehead atoms. The van der Waals surface area contributed by atoms with E-state index in [0.29, 0.717) is 0 Å². The Hall–Kier alpha value is -0.370. The fourth-order valence-electron chi connectivity index (χ4n) is 2.31. The van der Waals surface area contributed by atoms with Gasteiger partial charge in [-0.2, -0.15) is 0 Å². The largest absolute Gasteiger partial charge is 0.246 e. The molecule has 0 saturated heterocycles. The van der Waals surface area contributed by atoms with Crippen molar-refractivity contribution in [1.29, 1.82) is 0 Å². The van der Waals surface area contributed by atoms with Crippen molar-refractivity contribution < 1.29 is 0 Å². The molecule has 2 heteroatoms. The number of aromatic nitrogens is 1. The highest BCUT2D eigenvalue weighted by molar-refractivity contribution is 7.09. The summed E-state index contributed by atoms with van der Waals surface area (Å²) < 4.78 is 0. The van der Waals surface area contributed by atoms with E-state index in [-0.39, 0.29) is 0 Å². The van der Waals surface area contributed by atoms with Crippen LogP contribution in [0.2, 0.25) is 0 Å². The lowest BCUT2D eigenvalue weighted by molar-refractivity contribution is 0.595. The Morgan fingerprint density at radius 2 is 2.36 bits per heavy atom. The molecule has 1 saturated carbocycles. The van der Waals surface area contributed by atoms with Crippen LogP contribution in [0.1, 0.15) is 56.2 Å². The van der Waals surface area contributed by atoms with Crippen molar-refractivity contribution in [3.63, 3.8) is 0 Å². The average molecular weight is 209 g/mol. The van der Waals surface area contributed by atoms with Gasteiger partial charge >= 0.3 is 0 Å². The Morgan fingerprint density at radius 3 is 3.00 bits per heavy atom. The summed E-state index contributed by atoms with van der Waals surface area (Å²) in [6, 6.07) is 0. The summed E-state index contributed by atoms with van der Waals surface area (Å²) >= 11 is 1.88. The molecule has 0 amide bonds. The monoisotopic (exact) mass is 209 g/mol. The first-order valence-corrected chi connectivity index (χ1v) is 6.62. The van der Waals surface area contributed by atoms with E-state index in [1.54, 1.807) is 0 Å². The summed E-state index contributed by atoms with van der Waals surface area (Å²) in [7, 11) is 0. The highest BCUT2D eigenvalue weighted by Crippen LogP contribution is 2.39. The van der Waals surface area contributed by atoms with Gasteiger partial charge in [-0.05, 0) is 25.2 Å². The van der Waals surface area contributed by atoms with E-state index in [1.165, 1.54) is 36.4 Å². The van der Waals surface area contributed by atoms with Gasteiger partial charge in [0, 0.05) is 11.3 Å². The van der Waals surface area contributed by atoms with Gasteiger partial charge < -0.3 is 0 Å². The first-order chi connectivity index (χ1) is 6.79. The molecule has 0 aliphatic heterocycles. The van der Waals surface area contributed by atoms with Gasteiger partial charge in [-0.3, -0.25) is 0 Å². The molecule has 0 spiro atoms. The van der Waals surface area contributed by atoms with Gasteiger partial charge in [0.1, 0.15) is 0 Å². The Morgan fingerprint density at radius 1 is 1.50 bits per heavy atom. The zero-order valence-electron chi connectivity index (χ0n) is 9.12. The summed E-state index contributed by atoms with van der Waals surface area (Å²) in [5.41, 5.74) is 1.31. The first kappa shape index (κ1) is 10.2. The van der Waals surface area contributed by atoms with Crippen LogP contribution in [0.25, 0.3) is 0 Å². The van der Waals surface area contributed by atoms with Gasteiger partial charge in [0.15, 0.2) is 0 Å². The number of hydrogen-bond acceptors (Lipinski definition) is 2. The van der Waals surface area contributed by atoms with Gasteiger partial charge in [0.05, 0.1) is 10.7 Å². The highest BCUT2D eigenvalue weighted by atomic mass is 32.1. The minimum atomic E-state index is 0.778. The molecule has 1 aromatic heterocycles. The molecule has 2 rings (SSSR count). The number of hydrogen-bond donors (Lipinski definition) is 0. The van der Waals surface area contributed by atoms with Crippen LogP contribution in [-0.2, 0) is 6.42 Å². The molecule has 1 heterocycles. The van der Waals surface area contributed by atoms with Crippen LogP contribution in [-0.4, -0.2) is 4.98 Å². The summed E-state index contributed by atoms with van der Waals surface area (Å²) in [6.45, 7) is 4.58. The Labute approximate surface area is 90.6 Å². The Kier molecular flexibility index (Phi) is 3.22. The van der Waals surface area contributed by atoms with Crippen molar-refractivity contribution in [1.82, 2.24) is 4.98 Å². The highest BCUT2D eigenvalue weighted by Gasteiger charge is 2.24. The molecule has 0 aromatic carbocycles. The SMILES string of the molecule is CCCc1csc(C2CCC(C)C2)n1. The molecule has 1 fully saturated rings. The minimum Gasteiger partial charge on any atom is -0.246 e. The molecule has 2 unspecified atom stereocenters. The van der Waals surface area contributed by atoms with Crippen molar-refractivity contribution in [3.8, 4) is 0 Å². The molecule has 2 atom stereocenters. The minimum absolute atomic E-state index is 0.778. The van der Waals surface area contributed by atoms with Gasteiger partial charge in [-0.25, -0.2) is 4.98 Å². The molecule has 0 N–H and O–H groups in total. The molecule has 0 radical (unpaired) electrons. The third kappa shape index (κ3) is 2.17. The third-order valence-corrected chi connectivity index (χ3v) is 4.18. The smallest absolute Gasteiger partial charge is 0.0959 e. The van der Waals surface area contributed by atoms with Crippen molar-refractivity contribution in [3.05, 3.63) is 16.1 Å². The van der Waals surface area contributed by atoms with Gasteiger partial charge in [-0.1, -0.05) is 26.7 Å². The second-order valence-electron chi connectivity index (χ2n) is 4.54. The standard InChI is InChI=1S/C12H19NS/c1-3-4-11-8-14-12(13-11)10-6-5-9(2)7-10/h8-10H,3-7H2,1-2H3. The molecular formula is C12H19NS. The second kappa shape index (κ2) is 4.43. The second-order valence-corrected chi connectivity index (χ2v) is 5.43. The number of nitrogens with zero attached hydrogens (tertiary/aromatic N) is 1. The van der Waals surface area contributed by atoms with Crippen LogP contribution >= 0.6 is 11.3 Å². The normalized spacial score (nSPS) is 27.0.